The van der Waals surface area contributed by atoms with E-state index in [4.69, 9.17) is 16.3 Å². The predicted octanol–water partition coefficient (Wildman–Crippen LogP) is 4.04. The summed E-state index contributed by atoms with van der Waals surface area (Å²) in [6.07, 6.45) is 3.98. The number of hydrogen-bond acceptors (Lipinski definition) is 4. The van der Waals surface area contributed by atoms with Crippen molar-refractivity contribution in [1.29, 1.82) is 0 Å². The minimum atomic E-state index is -0.524. The van der Waals surface area contributed by atoms with E-state index < -0.39 is 6.04 Å². The summed E-state index contributed by atoms with van der Waals surface area (Å²) in [5.41, 5.74) is 0.891. The van der Waals surface area contributed by atoms with Gasteiger partial charge in [-0.1, -0.05) is 42.6 Å². The number of benzene rings is 1. The fourth-order valence-corrected chi connectivity index (χ4v) is 5.26. The Balaban J connectivity index is 1.91. The van der Waals surface area contributed by atoms with Crippen molar-refractivity contribution in [3.05, 3.63) is 34.9 Å². The van der Waals surface area contributed by atoms with Gasteiger partial charge in [0.1, 0.15) is 11.4 Å². The van der Waals surface area contributed by atoms with Crippen LogP contribution in [0, 0.1) is 5.92 Å². The fraction of sp³-hybridized carbons (Fsp3) is 0.556. The number of halogens is 1. The molecule has 24 heavy (non-hydrogen) atoms. The maximum atomic E-state index is 13.1. The van der Waals surface area contributed by atoms with E-state index in [2.05, 4.69) is 0 Å². The van der Waals surface area contributed by atoms with Crippen LogP contribution in [0.15, 0.2) is 24.3 Å². The first-order chi connectivity index (χ1) is 11.6. The highest BCUT2D eigenvalue weighted by Gasteiger charge is 2.45. The molecule has 130 valence electrons. The Morgan fingerprint density at radius 2 is 2.00 bits per heavy atom. The third kappa shape index (κ3) is 3.42. The van der Waals surface area contributed by atoms with E-state index in [1.165, 1.54) is 0 Å². The summed E-state index contributed by atoms with van der Waals surface area (Å²) in [5, 5.41) is 0.407. The van der Waals surface area contributed by atoms with Crippen molar-refractivity contribution in [3.8, 4) is 0 Å². The number of rotatable bonds is 4. The van der Waals surface area contributed by atoms with E-state index in [-0.39, 0.29) is 23.2 Å². The molecule has 2 aliphatic rings. The molecular weight excluding hydrogens is 346 g/mol. The van der Waals surface area contributed by atoms with E-state index in [1.807, 2.05) is 24.3 Å². The summed E-state index contributed by atoms with van der Waals surface area (Å²) < 4.78 is 5.20. The van der Waals surface area contributed by atoms with Crippen molar-refractivity contribution >= 4 is 35.2 Å². The molecule has 1 amide bonds. The number of thioether (sulfide) groups is 1. The van der Waals surface area contributed by atoms with Crippen LogP contribution in [-0.4, -0.2) is 35.2 Å². The molecule has 0 bridgehead atoms. The molecular formula is C18H22ClNO3S. The molecule has 1 aliphatic carbocycles. The zero-order valence-electron chi connectivity index (χ0n) is 13.7. The van der Waals surface area contributed by atoms with Crippen molar-refractivity contribution < 1.29 is 14.3 Å². The average Bonchev–Trinajstić information content (AvgIpc) is 3.25. The molecule has 2 unspecified atom stereocenters. The normalized spacial score (nSPS) is 24.3. The lowest BCUT2D eigenvalue weighted by Crippen LogP contribution is -2.46. The molecule has 2 atom stereocenters. The first-order valence-electron chi connectivity index (χ1n) is 8.48. The zero-order valence-corrected chi connectivity index (χ0v) is 15.3. The zero-order chi connectivity index (χ0) is 17.1. The van der Waals surface area contributed by atoms with Crippen LogP contribution in [0.4, 0.5) is 0 Å². The molecule has 2 fully saturated rings. The molecule has 1 saturated heterocycles. The van der Waals surface area contributed by atoms with E-state index >= 15 is 0 Å². The van der Waals surface area contributed by atoms with Crippen LogP contribution in [0.3, 0.4) is 0 Å². The smallest absolute Gasteiger partial charge is 0.329 e. The Hall–Kier alpha value is -1.20. The molecule has 6 heteroatoms. The van der Waals surface area contributed by atoms with E-state index in [0.29, 0.717) is 17.4 Å². The van der Waals surface area contributed by atoms with Crippen LogP contribution in [-0.2, 0) is 14.3 Å². The summed E-state index contributed by atoms with van der Waals surface area (Å²) in [4.78, 5) is 27.2. The number of carbonyl (C=O) groups excluding carboxylic acids is 2. The van der Waals surface area contributed by atoms with Gasteiger partial charge in [0.15, 0.2) is 0 Å². The number of hydrogen-bond donors (Lipinski definition) is 0. The standard InChI is InChI=1S/C18H22ClNO3S/c1-2-23-18(22)15-11-24-17(13-9-5-6-10-14(13)19)20(15)16(21)12-7-3-4-8-12/h5-6,9-10,12,15,17H,2-4,7-8,11H2,1H3. The van der Waals surface area contributed by atoms with Gasteiger partial charge < -0.3 is 9.64 Å². The lowest BCUT2D eigenvalue weighted by molar-refractivity contribution is -0.155. The highest BCUT2D eigenvalue weighted by atomic mass is 35.5. The lowest BCUT2D eigenvalue weighted by atomic mass is 10.0. The molecule has 0 radical (unpaired) electrons. The minimum Gasteiger partial charge on any atom is -0.464 e. The molecule has 4 nitrogen and oxygen atoms in total. The van der Waals surface area contributed by atoms with Crippen molar-refractivity contribution in [1.82, 2.24) is 4.90 Å². The molecule has 1 saturated carbocycles. The van der Waals surface area contributed by atoms with Crippen LogP contribution in [0.2, 0.25) is 5.02 Å². The second-order valence-electron chi connectivity index (χ2n) is 6.20. The van der Waals surface area contributed by atoms with Gasteiger partial charge in [-0.15, -0.1) is 11.8 Å². The Bertz CT molecular complexity index is 618. The minimum absolute atomic E-state index is 0.0191. The van der Waals surface area contributed by atoms with Crippen molar-refractivity contribution in [2.45, 2.75) is 44.0 Å². The monoisotopic (exact) mass is 367 g/mol. The first kappa shape index (κ1) is 17.6. The van der Waals surface area contributed by atoms with Crippen molar-refractivity contribution in [2.24, 2.45) is 5.92 Å². The maximum absolute atomic E-state index is 13.1. The van der Waals surface area contributed by atoms with Gasteiger partial charge in [-0.3, -0.25) is 4.79 Å². The van der Waals surface area contributed by atoms with Crippen LogP contribution < -0.4 is 0 Å². The van der Waals surface area contributed by atoms with Crippen molar-refractivity contribution in [3.63, 3.8) is 0 Å². The number of esters is 1. The highest BCUT2D eigenvalue weighted by molar-refractivity contribution is 7.99. The Kier molecular flexibility index (Phi) is 5.72. The van der Waals surface area contributed by atoms with Crippen LogP contribution in [0.5, 0.6) is 0 Å². The average molecular weight is 368 g/mol. The van der Waals surface area contributed by atoms with E-state index in [0.717, 1.165) is 31.2 Å². The highest BCUT2D eigenvalue weighted by Crippen LogP contribution is 2.45. The molecule has 1 heterocycles. The second kappa shape index (κ2) is 7.79. The maximum Gasteiger partial charge on any atom is 0.329 e. The van der Waals surface area contributed by atoms with Crippen LogP contribution in [0.25, 0.3) is 0 Å². The van der Waals surface area contributed by atoms with Crippen LogP contribution >= 0.6 is 23.4 Å². The summed E-state index contributed by atoms with van der Waals surface area (Å²) in [6, 6.07) is 7.02. The molecule has 0 spiro atoms. The van der Waals surface area contributed by atoms with Gasteiger partial charge in [-0.2, -0.15) is 0 Å². The summed E-state index contributed by atoms with van der Waals surface area (Å²) in [5.74, 6) is 0.324. The largest absolute Gasteiger partial charge is 0.464 e. The first-order valence-corrected chi connectivity index (χ1v) is 9.91. The predicted molar refractivity (Wildman–Crippen MR) is 95.9 cm³/mol. The Labute approximate surface area is 151 Å². The van der Waals surface area contributed by atoms with Crippen molar-refractivity contribution in [2.75, 3.05) is 12.4 Å². The quantitative estimate of drug-likeness (QED) is 0.753. The topological polar surface area (TPSA) is 46.6 Å². The molecule has 0 N–H and O–H groups in total. The molecule has 1 aliphatic heterocycles. The van der Waals surface area contributed by atoms with Crippen LogP contribution in [0.1, 0.15) is 43.5 Å². The van der Waals surface area contributed by atoms with Gasteiger partial charge >= 0.3 is 5.97 Å². The summed E-state index contributed by atoms with van der Waals surface area (Å²) in [7, 11) is 0. The number of carbonyl (C=O) groups is 2. The Morgan fingerprint density at radius 1 is 1.29 bits per heavy atom. The van der Waals surface area contributed by atoms with E-state index in [9.17, 15) is 9.59 Å². The molecule has 0 aromatic heterocycles. The van der Waals surface area contributed by atoms with Gasteiger partial charge in [-0.25, -0.2) is 4.79 Å². The van der Waals surface area contributed by atoms with Gasteiger partial charge in [0.25, 0.3) is 0 Å². The fourth-order valence-electron chi connectivity index (χ4n) is 3.49. The Morgan fingerprint density at radius 3 is 2.67 bits per heavy atom. The van der Waals surface area contributed by atoms with Gasteiger partial charge in [0, 0.05) is 22.3 Å². The summed E-state index contributed by atoms with van der Waals surface area (Å²) >= 11 is 7.94. The SMILES string of the molecule is CCOC(=O)C1CSC(c2ccccc2Cl)N1C(=O)C1CCCC1. The molecule has 1 aromatic carbocycles. The van der Waals surface area contributed by atoms with E-state index in [1.54, 1.807) is 23.6 Å². The van der Waals surface area contributed by atoms with Gasteiger partial charge in [0.05, 0.1) is 6.61 Å². The van der Waals surface area contributed by atoms with Gasteiger partial charge in [-0.05, 0) is 25.8 Å². The lowest BCUT2D eigenvalue weighted by Gasteiger charge is -2.31. The number of ether oxygens (including phenoxy) is 1. The number of amides is 1. The third-order valence-electron chi connectivity index (χ3n) is 4.69. The summed E-state index contributed by atoms with van der Waals surface area (Å²) in [6.45, 7) is 2.11. The number of nitrogens with zero attached hydrogens (tertiary/aromatic N) is 1. The molecule has 1 aromatic rings. The van der Waals surface area contributed by atoms with Gasteiger partial charge in [0.2, 0.25) is 5.91 Å². The molecule has 3 rings (SSSR count). The third-order valence-corrected chi connectivity index (χ3v) is 6.34. The second-order valence-corrected chi connectivity index (χ2v) is 7.72.